The van der Waals surface area contributed by atoms with Crippen LogP contribution in [0.15, 0.2) is 88.8 Å². The van der Waals surface area contributed by atoms with E-state index >= 15 is 0 Å². The first-order valence-corrected chi connectivity index (χ1v) is 12.3. The van der Waals surface area contributed by atoms with E-state index in [0.29, 0.717) is 23.4 Å². The molecular weight excluding hydrogens is 452 g/mol. The number of aliphatic imine (C=N–C) groups is 1. The van der Waals surface area contributed by atoms with Crippen molar-refractivity contribution in [2.75, 3.05) is 18.4 Å². The van der Waals surface area contributed by atoms with Gasteiger partial charge < -0.3 is 10.6 Å². The van der Waals surface area contributed by atoms with E-state index in [1.54, 1.807) is 42.5 Å². The third kappa shape index (κ3) is 5.68. The van der Waals surface area contributed by atoms with Gasteiger partial charge in [-0.25, -0.2) is 8.42 Å². The zero-order chi connectivity index (χ0) is 24.0. The van der Waals surface area contributed by atoms with Crippen molar-refractivity contribution in [3.8, 4) is 0 Å². The first-order chi connectivity index (χ1) is 16.4. The lowest BCUT2D eigenvalue weighted by Crippen LogP contribution is -2.25. The highest BCUT2D eigenvalue weighted by Gasteiger charge is 2.29. The van der Waals surface area contributed by atoms with Crippen molar-refractivity contribution in [3.63, 3.8) is 0 Å². The van der Waals surface area contributed by atoms with Crippen molar-refractivity contribution in [2.24, 2.45) is 4.99 Å². The van der Waals surface area contributed by atoms with Gasteiger partial charge in [0.2, 0.25) is 5.91 Å². The number of nitrogens with one attached hydrogen (secondary N) is 3. The van der Waals surface area contributed by atoms with Gasteiger partial charge in [0.05, 0.1) is 11.4 Å². The Kier molecular flexibility index (Phi) is 7.03. The van der Waals surface area contributed by atoms with Crippen LogP contribution in [-0.2, 0) is 21.2 Å². The van der Waals surface area contributed by atoms with E-state index in [9.17, 15) is 18.0 Å². The van der Waals surface area contributed by atoms with Gasteiger partial charge >= 0.3 is 0 Å². The second-order valence-electron chi connectivity index (χ2n) is 7.70. The number of fused-ring (bicyclic) bond motifs is 1. The van der Waals surface area contributed by atoms with E-state index in [0.717, 1.165) is 12.0 Å². The summed E-state index contributed by atoms with van der Waals surface area (Å²) in [6.45, 7) is 0.657. The van der Waals surface area contributed by atoms with Gasteiger partial charge in [0.15, 0.2) is 0 Å². The van der Waals surface area contributed by atoms with Crippen LogP contribution >= 0.6 is 0 Å². The minimum Gasteiger partial charge on any atom is -0.352 e. The molecule has 34 heavy (non-hydrogen) atoms. The van der Waals surface area contributed by atoms with Gasteiger partial charge in [-0.3, -0.25) is 19.3 Å². The molecule has 174 valence electrons. The van der Waals surface area contributed by atoms with Crippen LogP contribution < -0.4 is 15.4 Å². The number of sulfonamides is 1. The van der Waals surface area contributed by atoms with Crippen molar-refractivity contribution in [3.05, 3.63) is 95.6 Å². The number of carbonyl (C=O) groups excluding carboxylic acids is 2. The highest BCUT2D eigenvalue weighted by Crippen LogP contribution is 2.22. The van der Waals surface area contributed by atoms with Crippen molar-refractivity contribution in [1.82, 2.24) is 10.0 Å². The Morgan fingerprint density at radius 1 is 0.882 bits per heavy atom. The highest BCUT2D eigenvalue weighted by atomic mass is 32.2. The Morgan fingerprint density at radius 2 is 1.59 bits per heavy atom. The quantitative estimate of drug-likeness (QED) is 0.463. The number of benzene rings is 3. The Labute approximate surface area is 198 Å². The maximum Gasteiger partial charge on any atom is 0.263 e. The summed E-state index contributed by atoms with van der Waals surface area (Å²) in [5.41, 5.74) is 2.72. The fourth-order valence-corrected chi connectivity index (χ4v) is 4.77. The lowest BCUT2D eigenvalue weighted by molar-refractivity contribution is -0.116. The molecule has 1 heterocycles. The van der Waals surface area contributed by atoms with Crippen LogP contribution in [0.3, 0.4) is 0 Å². The van der Waals surface area contributed by atoms with Crippen molar-refractivity contribution in [1.29, 1.82) is 0 Å². The number of amides is 2. The number of hydrogen-bond acceptors (Lipinski definition) is 5. The molecule has 0 bridgehead atoms. The molecule has 0 unspecified atom stereocenters. The van der Waals surface area contributed by atoms with Crippen LogP contribution in [0.25, 0.3) is 0 Å². The smallest absolute Gasteiger partial charge is 0.263 e. The SMILES string of the molecule is O=C(CCN=C1NS(=O)(=O)c2ccccc21)Nc1ccc(C(=O)NCCc2ccccc2)cc1. The van der Waals surface area contributed by atoms with E-state index < -0.39 is 10.0 Å². The first kappa shape index (κ1) is 23.2. The first-order valence-electron chi connectivity index (χ1n) is 10.8. The van der Waals surface area contributed by atoms with Crippen molar-refractivity contribution >= 4 is 33.4 Å². The van der Waals surface area contributed by atoms with Crippen LogP contribution in [0, 0.1) is 0 Å². The molecule has 0 saturated carbocycles. The molecule has 0 aliphatic carbocycles. The third-order valence-corrected chi connectivity index (χ3v) is 6.64. The molecule has 0 radical (unpaired) electrons. The van der Waals surface area contributed by atoms with Gasteiger partial charge in [-0.05, 0) is 48.4 Å². The standard InChI is InChI=1S/C25H24N4O4S/c30-23(15-17-26-24-21-8-4-5-9-22(21)34(32,33)29-24)28-20-12-10-19(11-13-20)25(31)27-16-14-18-6-2-1-3-7-18/h1-13H,14-17H2,(H,26,29)(H,27,31)(H,28,30). The Balaban J connectivity index is 1.25. The summed E-state index contributed by atoms with van der Waals surface area (Å²) < 4.78 is 26.6. The molecule has 0 fully saturated rings. The average molecular weight is 477 g/mol. The normalized spacial score (nSPS) is 14.8. The summed E-state index contributed by atoms with van der Waals surface area (Å²) in [6, 6.07) is 23.1. The van der Waals surface area contributed by atoms with Crippen molar-refractivity contribution in [2.45, 2.75) is 17.7 Å². The molecular formula is C25H24N4O4S. The number of anilines is 1. The largest absolute Gasteiger partial charge is 0.352 e. The summed E-state index contributed by atoms with van der Waals surface area (Å²) in [5, 5.41) is 5.64. The predicted molar refractivity (Wildman–Crippen MR) is 130 cm³/mol. The molecule has 1 aliphatic heterocycles. The lowest BCUT2D eigenvalue weighted by Gasteiger charge is -2.08. The van der Waals surface area contributed by atoms with E-state index in [1.165, 1.54) is 6.07 Å². The van der Waals surface area contributed by atoms with Gasteiger partial charge in [0.25, 0.3) is 15.9 Å². The number of carbonyl (C=O) groups is 2. The molecule has 0 saturated heterocycles. The van der Waals surface area contributed by atoms with Gasteiger partial charge in [-0.1, -0.05) is 42.5 Å². The van der Waals surface area contributed by atoms with Crippen LogP contribution in [0.4, 0.5) is 5.69 Å². The molecule has 8 nitrogen and oxygen atoms in total. The summed E-state index contributed by atoms with van der Waals surface area (Å²) >= 11 is 0. The van der Waals surface area contributed by atoms with E-state index in [1.807, 2.05) is 30.3 Å². The van der Waals surface area contributed by atoms with Gasteiger partial charge in [-0.2, -0.15) is 0 Å². The van der Waals surface area contributed by atoms with Crippen molar-refractivity contribution < 1.29 is 18.0 Å². The molecule has 9 heteroatoms. The van der Waals surface area contributed by atoms with E-state index in [4.69, 9.17) is 0 Å². The highest BCUT2D eigenvalue weighted by molar-refractivity contribution is 7.90. The molecule has 3 aromatic carbocycles. The minimum atomic E-state index is -3.60. The molecule has 0 spiro atoms. The number of rotatable bonds is 8. The van der Waals surface area contributed by atoms with Crippen LogP contribution in [-0.4, -0.2) is 39.2 Å². The maximum absolute atomic E-state index is 12.3. The lowest BCUT2D eigenvalue weighted by atomic mass is 10.1. The fraction of sp³-hybridized carbons (Fsp3) is 0.160. The molecule has 0 aromatic heterocycles. The Bertz CT molecular complexity index is 1320. The Morgan fingerprint density at radius 3 is 2.35 bits per heavy atom. The topological polar surface area (TPSA) is 117 Å². The minimum absolute atomic E-state index is 0.0785. The molecule has 0 atom stereocenters. The fourth-order valence-electron chi connectivity index (χ4n) is 3.52. The number of hydrogen-bond donors (Lipinski definition) is 3. The third-order valence-electron chi connectivity index (χ3n) is 5.24. The molecule has 4 rings (SSSR count). The van der Waals surface area contributed by atoms with Crippen LogP contribution in [0.2, 0.25) is 0 Å². The molecule has 3 aromatic rings. The number of nitrogens with zero attached hydrogens (tertiary/aromatic N) is 1. The van der Waals surface area contributed by atoms with Crippen LogP contribution in [0.1, 0.15) is 27.9 Å². The van der Waals surface area contributed by atoms with Crippen LogP contribution in [0.5, 0.6) is 0 Å². The summed E-state index contributed by atoms with van der Waals surface area (Å²) in [5.74, 6) is -0.200. The second kappa shape index (κ2) is 10.3. The zero-order valence-electron chi connectivity index (χ0n) is 18.3. The summed E-state index contributed by atoms with van der Waals surface area (Å²) in [7, 11) is -3.60. The average Bonchev–Trinajstić information content (AvgIpc) is 3.10. The van der Waals surface area contributed by atoms with E-state index in [2.05, 4.69) is 20.3 Å². The molecule has 3 N–H and O–H groups in total. The second-order valence-corrected chi connectivity index (χ2v) is 9.35. The van der Waals surface area contributed by atoms with E-state index in [-0.39, 0.29) is 35.5 Å². The maximum atomic E-state index is 12.3. The zero-order valence-corrected chi connectivity index (χ0v) is 19.1. The summed E-state index contributed by atoms with van der Waals surface area (Å²) in [4.78, 5) is 29.0. The Hall–Kier alpha value is -3.98. The predicted octanol–water partition coefficient (Wildman–Crippen LogP) is 2.73. The van der Waals surface area contributed by atoms with Gasteiger partial charge in [0.1, 0.15) is 5.84 Å². The molecule has 2 amide bonds. The number of amidine groups is 1. The monoisotopic (exact) mass is 476 g/mol. The summed E-state index contributed by atoms with van der Waals surface area (Å²) in [6.07, 6.45) is 0.826. The molecule has 1 aliphatic rings. The van der Waals surface area contributed by atoms with Gasteiger partial charge in [0, 0.05) is 29.8 Å². The van der Waals surface area contributed by atoms with Gasteiger partial charge in [-0.15, -0.1) is 0 Å².